The van der Waals surface area contributed by atoms with Gasteiger partial charge in [0.15, 0.2) is 0 Å². The van der Waals surface area contributed by atoms with Crippen LogP contribution in [0.1, 0.15) is 20.3 Å². The van der Waals surface area contributed by atoms with Crippen molar-refractivity contribution >= 4 is 5.97 Å². The van der Waals surface area contributed by atoms with Gasteiger partial charge in [0.1, 0.15) is 0 Å². The second-order valence-corrected chi connectivity index (χ2v) is 1.57. The highest BCUT2D eigenvalue weighted by molar-refractivity contribution is 5.86. The highest BCUT2D eigenvalue weighted by Crippen LogP contribution is 1.96. The second-order valence-electron chi connectivity index (χ2n) is 1.57. The van der Waals surface area contributed by atoms with Gasteiger partial charge in [-0.3, -0.25) is 0 Å². The van der Waals surface area contributed by atoms with Gasteiger partial charge in [0.2, 0.25) is 0 Å². The van der Waals surface area contributed by atoms with Crippen LogP contribution in [0.3, 0.4) is 0 Å². The molecular weight excluding hydrogens is 116 g/mol. The first-order valence-corrected chi connectivity index (χ1v) is 2.85. The molecule has 0 aromatic heterocycles. The molecule has 0 unspecified atom stereocenters. The van der Waals surface area contributed by atoms with Crippen molar-refractivity contribution in [2.24, 2.45) is 0 Å². The average Bonchev–Trinajstić information content (AvgIpc) is 1.82. The van der Waals surface area contributed by atoms with Gasteiger partial charge in [0.05, 0.1) is 5.57 Å². The van der Waals surface area contributed by atoms with Crippen LogP contribution in [0, 0.1) is 0 Å². The molecule has 0 bridgehead atoms. The van der Waals surface area contributed by atoms with E-state index in [1.54, 1.807) is 19.9 Å². The minimum absolute atomic E-state index is 0.331. The number of carboxylic acids is 1. The van der Waals surface area contributed by atoms with Gasteiger partial charge >= 0.3 is 5.97 Å². The first-order valence-electron chi connectivity index (χ1n) is 2.85. The van der Waals surface area contributed by atoms with Crippen molar-refractivity contribution in [2.75, 3.05) is 0 Å². The molecule has 0 aromatic carbocycles. The third kappa shape index (κ3) is 2.73. The third-order valence-corrected chi connectivity index (χ3v) is 0.930. The van der Waals surface area contributed by atoms with E-state index in [2.05, 4.69) is 5.73 Å². The number of rotatable bonds is 2. The quantitative estimate of drug-likeness (QED) is 0.450. The van der Waals surface area contributed by atoms with Gasteiger partial charge in [-0.25, -0.2) is 4.79 Å². The molecule has 0 spiro atoms. The van der Waals surface area contributed by atoms with E-state index in [1.165, 1.54) is 0 Å². The van der Waals surface area contributed by atoms with E-state index in [-0.39, 0.29) is 0 Å². The first kappa shape index (κ1) is 7.99. The van der Waals surface area contributed by atoms with Crippen molar-refractivity contribution in [1.29, 1.82) is 0 Å². The Bertz CT molecular complexity index is 162. The molecule has 1 N–H and O–H groups in total. The Labute approximate surface area is 54.5 Å². The van der Waals surface area contributed by atoms with Gasteiger partial charge in [-0.05, 0) is 19.4 Å². The molecule has 0 amide bonds. The van der Waals surface area contributed by atoms with Crippen molar-refractivity contribution in [1.82, 2.24) is 0 Å². The van der Waals surface area contributed by atoms with Crippen LogP contribution in [0.15, 0.2) is 17.4 Å². The first-order chi connectivity index (χ1) is 4.22. The number of aliphatic carboxylic acids is 1. The minimum Gasteiger partial charge on any atom is -0.477 e. The molecule has 0 saturated carbocycles. The largest absolute Gasteiger partial charge is 0.477 e. The van der Waals surface area contributed by atoms with Crippen LogP contribution in [0.25, 0.3) is 0 Å². The summed E-state index contributed by atoms with van der Waals surface area (Å²) in [5, 5.41) is 8.38. The summed E-state index contributed by atoms with van der Waals surface area (Å²) in [6, 6.07) is 0. The monoisotopic (exact) mass is 126 g/mol. The van der Waals surface area contributed by atoms with E-state index in [9.17, 15) is 4.79 Å². The molecule has 50 valence electrons. The summed E-state index contributed by atoms with van der Waals surface area (Å²) in [4.78, 5) is 10.2. The fraction of sp³-hybridized carbons (Fsp3) is 0.429. The third-order valence-electron chi connectivity index (χ3n) is 0.930. The molecule has 2 heteroatoms. The molecule has 0 aliphatic rings. The molecule has 0 radical (unpaired) electrons. The van der Waals surface area contributed by atoms with Gasteiger partial charge in [-0.15, -0.1) is 5.73 Å². The predicted molar refractivity (Wildman–Crippen MR) is 35.2 cm³/mol. The summed E-state index contributed by atoms with van der Waals surface area (Å²) in [6.07, 6.45) is 2.13. The molecule has 0 saturated heterocycles. The lowest BCUT2D eigenvalue weighted by molar-refractivity contribution is -0.132. The zero-order chi connectivity index (χ0) is 7.28. The van der Waals surface area contributed by atoms with E-state index >= 15 is 0 Å². The highest BCUT2D eigenvalue weighted by atomic mass is 16.4. The van der Waals surface area contributed by atoms with Gasteiger partial charge < -0.3 is 5.11 Å². The van der Waals surface area contributed by atoms with Crippen LogP contribution < -0.4 is 0 Å². The van der Waals surface area contributed by atoms with Crippen LogP contribution >= 0.6 is 0 Å². The Morgan fingerprint density at radius 3 is 2.44 bits per heavy atom. The van der Waals surface area contributed by atoms with Crippen molar-refractivity contribution in [3.05, 3.63) is 17.4 Å². The summed E-state index contributed by atoms with van der Waals surface area (Å²) < 4.78 is 0. The normalized spacial score (nSPS) is 7.78. The predicted octanol–water partition coefficient (Wildman–Crippen LogP) is 1.58. The Morgan fingerprint density at radius 2 is 2.33 bits per heavy atom. The van der Waals surface area contributed by atoms with Crippen molar-refractivity contribution in [3.8, 4) is 0 Å². The lowest BCUT2D eigenvalue weighted by Gasteiger charge is -1.88. The van der Waals surface area contributed by atoms with E-state index in [4.69, 9.17) is 5.11 Å². The molecule has 9 heavy (non-hydrogen) atoms. The number of carboxylic acid groups (broad SMARTS) is 1. The van der Waals surface area contributed by atoms with Gasteiger partial charge in [0.25, 0.3) is 0 Å². The zero-order valence-electron chi connectivity index (χ0n) is 5.64. The molecule has 2 nitrogen and oxygen atoms in total. The fourth-order valence-electron chi connectivity index (χ4n) is 0.489. The molecule has 0 rings (SSSR count). The number of hydrogen-bond donors (Lipinski definition) is 1. The molecule has 0 fully saturated rings. The second kappa shape index (κ2) is 3.93. The maximum Gasteiger partial charge on any atom is 0.339 e. The van der Waals surface area contributed by atoms with E-state index in [0.29, 0.717) is 12.0 Å². The Balaban J connectivity index is 4.35. The SMILES string of the molecule is CC=C=C(CC)C(=O)O. The summed E-state index contributed by atoms with van der Waals surface area (Å²) in [6.45, 7) is 3.54. The Hall–Kier alpha value is -1.01. The zero-order valence-corrected chi connectivity index (χ0v) is 5.64. The summed E-state index contributed by atoms with van der Waals surface area (Å²) in [7, 11) is 0. The van der Waals surface area contributed by atoms with E-state index < -0.39 is 5.97 Å². The van der Waals surface area contributed by atoms with E-state index in [0.717, 1.165) is 0 Å². The number of hydrogen-bond acceptors (Lipinski definition) is 1. The van der Waals surface area contributed by atoms with Crippen molar-refractivity contribution < 1.29 is 9.90 Å². The molecule has 0 aliphatic heterocycles. The lowest BCUT2D eigenvalue weighted by Crippen LogP contribution is -1.96. The van der Waals surface area contributed by atoms with Gasteiger partial charge in [-0.1, -0.05) is 6.92 Å². The number of carbonyl (C=O) groups is 1. The Kier molecular flexibility index (Phi) is 3.49. The molecule has 0 heterocycles. The van der Waals surface area contributed by atoms with Gasteiger partial charge in [-0.2, -0.15) is 0 Å². The lowest BCUT2D eigenvalue weighted by atomic mass is 10.2. The summed E-state index contributed by atoms with van der Waals surface area (Å²) in [5.74, 6) is -0.879. The Morgan fingerprint density at radius 1 is 1.78 bits per heavy atom. The molecule has 0 aliphatic carbocycles. The topological polar surface area (TPSA) is 37.3 Å². The maximum absolute atomic E-state index is 10.2. The average molecular weight is 126 g/mol. The summed E-state index contributed by atoms with van der Waals surface area (Å²) in [5.41, 5.74) is 2.95. The minimum atomic E-state index is -0.879. The molecule has 0 atom stereocenters. The maximum atomic E-state index is 10.2. The van der Waals surface area contributed by atoms with Crippen molar-refractivity contribution in [2.45, 2.75) is 20.3 Å². The van der Waals surface area contributed by atoms with Gasteiger partial charge in [0, 0.05) is 0 Å². The summed E-state index contributed by atoms with van der Waals surface area (Å²) >= 11 is 0. The van der Waals surface area contributed by atoms with E-state index in [1.807, 2.05) is 0 Å². The van der Waals surface area contributed by atoms with Crippen LogP contribution in [-0.2, 0) is 4.79 Å². The van der Waals surface area contributed by atoms with Crippen LogP contribution in [0.2, 0.25) is 0 Å². The van der Waals surface area contributed by atoms with Crippen LogP contribution in [0.5, 0.6) is 0 Å². The van der Waals surface area contributed by atoms with Crippen LogP contribution in [0.4, 0.5) is 0 Å². The fourth-order valence-corrected chi connectivity index (χ4v) is 0.489. The molecule has 0 aromatic rings. The van der Waals surface area contributed by atoms with Crippen LogP contribution in [-0.4, -0.2) is 11.1 Å². The molecular formula is C7H10O2. The standard InChI is InChI=1S/C7H10O2/c1-3-5-6(4-2)7(8)9/h3H,4H2,1-2H3,(H,8,9). The highest BCUT2D eigenvalue weighted by Gasteiger charge is 2.00. The van der Waals surface area contributed by atoms with Crippen molar-refractivity contribution in [3.63, 3.8) is 0 Å². The smallest absolute Gasteiger partial charge is 0.339 e.